The Morgan fingerprint density at radius 2 is 2.00 bits per heavy atom. The number of fused-ring (bicyclic) bond motifs is 1. The number of ether oxygens (including phenoxy) is 2. The first-order valence-electron chi connectivity index (χ1n) is 5.89. The van der Waals surface area contributed by atoms with Gasteiger partial charge in [0.25, 0.3) is 0 Å². The molecule has 88 valence electrons. The lowest BCUT2D eigenvalue weighted by atomic mass is 9.96. The van der Waals surface area contributed by atoms with E-state index in [-0.39, 0.29) is 5.60 Å². The Labute approximate surface area is 97.6 Å². The zero-order valence-corrected chi connectivity index (χ0v) is 10.8. The largest absolute Gasteiger partial charge is 0.490 e. The summed E-state index contributed by atoms with van der Waals surface area (Å²) in [5.74, 6) is 1.89. The predicted molar refractivity (Wildman–Crippen MR) is 65.5 cm³/mol. The van der Waals surface area contributed by atoms with Crippen LogP contribution < -0.4 is 9.47 Å². The molecule has 1 heterocycles. The molecule has 0 aromatic heterocycles. The van der Waals surface area contributed by atoms with Crippen molar-refractivity contribution in [3.63, 3.8) is 0 Å². The second kappa shape index (κ2) is 3.69. The van der Waals surface area contributed by atoms with Gasteiger partial charge in [0.1, 0.15) is 5.60 Å². The Bertz CT molecular complexity index is 419. The summed E-state index contributed by atoms with van der Waals surface area (Å²) in [6.45, 7) is 11.2. The number of hydrogen-bond donors (Lipinski definition) is 0. The molecule has 1 aromatic carbocycles. The summed E-state index contributed by atoms with van der Waals surface area (Å²) in [4.78, 5) is 0. The summed E-state index contributed by atoms with van der Waals surface area (Å²) in [7, 11) is 0. The van der Waals surface area contributed by atoms with Gasteiger partial charge in [-0.2, -0.15) is 0 Å². The molecule has 0 fully saturated rings. The van der Waals surface area contributed by atoms with E-state index in [1.807, 2.05) is 6.92 Å². The van der Waals surface area contributed by atoms with Crippen molar-refractivity contribution < 1.29 is 9.47 Å². The summed E-state index contributed by atoms with van der Waals surface area (Å²) >= 11 is 0. The van der Waals surface area contributed by atoms with E-state index in [0.29, 0.717) is 6.61 Å². The molecule has 2 rings (SSSR count). The van der Waals surface area contributed by atoms with Crippen LogP contribution in [-0.2, 0) is 6.42 Å². The lowest BCUT2D eigenvalue weighted by Gasteiger charge is -2.18. The predicted octanol–water partition coefficient (Wildman–Crippen LogP) is 3.42. The van der Waals surface area contributed by atoms with Gasteiger partial charge in [-0.1, -0.05) is 6.07 Å². The Morgan fingerprint density at radius 3 is 2.62 bits per heavy atom. The first kappa shape index (κ1) is 11.3. The van der Waals surface area contributed by atoms with Crippen LogP contribution in [0.2, 0.25) is 0 Å². The van der Waals surface area contributed by atoms with E-state index < -0.39 is 0 Å². The molecule has 1 aliphatic heterocycles. The monoisotopic (exact) mass is 220 g/mol. The Hall–Kier alpha value is -1.18. The van der Waals surface area contributed by atoms with Crippen molar-refractivity contribution in [2.24, 2.45) is 0 Å². The molecule has 0 saturated heterocycles. The number of benzene rings is 1. The van der Waals surface area contributed by atoms with Gasteiger partial charge in [-0.05, 0) is 45.7 Å². The highest BCUT2D eigenvalue weighted by molar-refractivity contribution is 5.57. The van der Waals surface area contributed by atoms with E-state index in [9.17, 15) is 0 Å². The zero-order valence-electron chi connectivity index (χ0n) is 10.8. The molecule has 16 heavy (non-hydrogen) atoms. The summed E-state index contributed by atoms with van der Waals surface area (Å²) in [6.07, 6.45) is 0.967. The minimum atomic E-state index is -0.104. The second-order valence-electron chi connectivity index (χ2n) is 5.12. The van der Waals surface area contributed by atoms with Gasteiger partial charge >= 0.3 is 0 Å². The van der Waals surface area contributed by atoms with E-state index in [1.165, 1.54) is 11.1 Å². The lowest BCUT2D eigenvalue weighted by Crippen LogP contribution is -2.24. The summed E-state index contributed by atoms with van der Waals surface area (Å²) < 4.78 is 11.7. The van der Waals surface area contributed by atoms with Crippen LogP contribution in [0.25, 0.3) is 0 Å². The third kappa shape index (κ3) is 1.77. The first-order valence-corrected chi connectivity index (χ1v) is 5.89. The maximum absolute atomic E-state index is 6.01. The zero-order chi connectivity index (χ0) is 11.9. The molecule has 2 heteroatoms. The molecule has 0 amide bonds. The van der Waals surface area contributed by atoms with Gasteiger partial charge in [0, 0.05) is 12.0 Å². The van der Waals surface area contributed by atoms with E-state index in [4.69, 9.17) is 9.47 Å². The summed E-state index contributed by atoms with van der Waals surface area (Å²) in [6, 6.07) is 2.19. The Kier molecular flexibility index (Phi) is 2.61. The van der Waals surface area contributed by atoms with Crippen molar-refractivity contribution in [3.05, 3.63) is 22.8 Å². The van der Waals surface area contributed by atoms with Crippen LogP contribution in [0.4, 0.5) is 0 Å². The highest BCUT2D eigenvalue weighted by atomic mass is 16.5. The molecule has 0 N–H and O–H groups in total. The van der Waals surface area contributed by atoms with Crippen molar-refractivity contribution in [3.8, 4) is 11.5 Å². The van der Waals surface area contributed by atoms with Crippen LogP contribution >= 0.6 is 0 Å². The van der Waals surface area contributed by atoms with Crippen LogP contribution in [0.5, 0.6) is 11.5 Å². The normalized spacial score (nSPS) is 16.8. The van der Waals surface area contributed by atoms with Crippen LogP contribution in [0, 0.1) is 13.8 Å². The topological polar surface area (TPSA) is 18.5 Å². The van der Waals surface area contributed by atoms with Gasteiger partial charge < -0.3 is 9.47 Å². The van der Waals surface area contributed by atoms with Crippen molar-refractivity contribution in [2.45, 2.75) is 46.6 Å². The molecule has 2 nitrogen and oxygen atoms in total. The molecular weight excluding hydrogens is 200 g/mol. The Morgan fingerprint density at radius 1 is 1.31 bits per heavy atom. The third-order valence-electron chi connectivity index (χ3n) is 3.02. The van der Waals surface area contributed by atoms with Crippen LogP contribution in [-0.4, -0.2) is 12.2 Å². The van der Waals surface area contributed by atoms with Crippen molar-refractivity contribution >= 4 is 0 Å². The van der Waals surface area contributed by atoms with Crippen LogP contribution in [0.3, 0.4) is 0 Å². The first-order chi connectivity index (χ1) is 7.44. The summed E-state index contributed by atoms with van der Waals surface area (Å²) in [5, 5.41) is 0. The number of hydrogen-bond acceptors (Lipinski definition) is 2. The second-order valence-corrected chi connectivity index (χ2v) is 5.12. The maximum Gasteiger partial charge on any atom is 0.165 e. The molecule has 0 spiro atoms. The molecule has 0 saturated carbocycles. The molecule has 0 radical (unpaired) electrons. The van der Waals surface area contributed by atoms with E-state index in [1.54, 1.807) is 0 Å². The molecule has 0 aliphatic carbocycles. The lowest BCUT2D eigenvalue weighted by molar-refractivity contribution is 0.132. The molecule has 1 aromatic rings. The summed E-state index contributed by atoms with van der Waals surface area (Å²) in [5.41, 5.74) is 3.67. The number of rotatable bonds is 2. The third-order valence-corrected chi connectivity index (χ3v) is 3.02. The van der Waals surface area contributed by atoms with E-state index in [0.717, 1.165) is 23.5 Å². The maximum atomic E-state index is 6.01. The molecule has 0 unspecified atom stereocenters. The van der Waals surface area contributed by atoms with Crippen molar-refractivity contribution in [2.75, 3.05) is 6.61 Å². The van der Waals surface area contributed by atoms with Gasteiger partial charge in [-0.25, -0.2) is 0 Å². The SMILES string of the molecule is CCOc1c(C)cc(C)c2c1OC(C)(C)C2. The average molecular weight is 220 g/mol. The van der Waals surface area contributed by atoms with Crippen molar-refractivity contribution in [1.82, 2.24) is 0 Å². The minimum absolute atomic E-state index is 0.104. The number of aryl methyl sites for hydroxylation is 2. The fourth-order valence-electron chi connectivity index (χ4n) is 2.36. The fraction of sp³-hybridized carbons (Fsp3) is 0.571. The van der Waals surface area contributed by atoms with E-state index in [2.05, 4.69) is 33.8 Å². The van der Waals surface area contributed by atoms with Gasteiger partial charge in [0.15, 0.2) is 11.5 Å². The molecular formula is C14H20O2. The highest BCUT2D eigenvalue weighted by Crippen LogP contribution is 2.45. The quantitative estimate of drug-likeness (QED) is 0.760. The molecule has 0 atom stereocenters. The minimum Gasteiger partial charge on any atom is -0.490 e. The Balaban J connectivity index is 2.54. The van der Waals surface area contributed by atoms with E-state index >= 15 is 0 Å². The highest BCUT2D eigenvalue weighted by Gasteiger charge is 2.34. The van der Waals surface area contributed by atoms with Gasteiger partial charge in [-0.15, -0.1) is 0 Å². The van der Waals surface area contributed by atoms with Crippen molar-refractivity contribution in [1.29, 1.82) is 0 Å². The van der Waals surface area contributed by atoms with Crippen LogP contribution in [0.15, 0.2) is 6.07 Å². The van der Waals surface area contributed by atoms with Gasteiger partial charge in [0.05, 0.1) is 6.61 Å². The van der Waals surface area contributed by atoms with Gasteiger partial charge in [0.2, 0.25) is 0 Å². The molecule has 0 bridgehead atoms. The molecule has 1 aliphatic rings. The van der Waals surface area contributed by atoms with Gasteiger partial charge in [-0.3, -0.25) is 0 Å². The smallest absolute Gasteiger partial charge is 0.165 e. The van der Waals surface area contributed by atoms with Crippen LogP contribution in [0.1, 0.15) is 37.5 Å². The fourth-order valence-corrected chi connectivity index (χ4v) is 2.36. The average Bonchev–Trinajstić information content (AvgIpc) is 2.49. The standard InChI is InChI=1S/C14H20O2/c1-6-15-12-10(3)7-9(2)11-8-14(4,5)16-13(11)12/h7H,6,8H2,1-5H3.